The average Bonchev–Trinajstić information content (AvgIpc) is 2.95. The molecule has 0 saturated carbocycles. The fraction of sp³-hybridized carbons (Fsp3) is 0.500. The normalized spacial score (nSPS) is 21.3. The van der Waals surface area contributed by atoms with E-state index in [4.69, 9.17) is 4.74 Å². The number of para-hydroxylation sites is 1. The van der Waals surface area contributed by atoms with Crippen LogP contribution in [0.3, 0.4) is 0 Å². The Labute approximate surface area is 155 Å². The molecule has 2 saturated heterocycles. The molecular weight excluding hydrogens is 326 g/mol. The Balaban J connectivity index is 1.47. The Morgan fingerprint density at radius 1 is 0.923 bits per heavy atom. The van der Waals surface area contributed by atoms with Crippen molar-refractivity contribution in [2.45, 2.75) is 25.3 Å². The Morgan fingerprint density at radius 2 is 1.69 bits per heavy atom. The first-order valence-corrected chi connectivity index (χ1v) is 9.60. The van der Waals surface area contributed by atoms with E-state index in [9.17, 15) is 0 Å². The molecule has 1 aromatic carbocycles. The molecule has 2 aliphatic heterocycles. The lowest BCUT2D eigenvalue weighted by molar-refractivity contribution is 0.122. The number of nitrogens with zero attached hydrogens (tertiary/aromatic N) is 4. The zero-order valence-corrected chi connectivity index (χ0v) is 15.2. The number of nitrogens with one attached hydrogen (secondary N) is 1. The number of rotatable bonds is 4. The van der Waals surface area contributed by atoms with Crippen molar-refractivity contribution in [1.82, 2.24) is 9.97 Å². The number of anilines is 3. The number of benzene rings is 1. The highest BCUT2D eigenvalue weighted by Crippen LogP contribution is 2.23. The van der Waals surface area contributed by atoms with Gasteiger partial charge in [-0.2, -0.15) is 0 Å². The Morgan fingerprint density at radius 3 is 2.50 bits per heavy atom. The van der Waals surface area contributed by atoms with Crippen molar-refractivity contribution in [2.24, 2.45) is 0 Å². The maximum atomic E-state index is 5.45. The van der Waals surface area contributed by atoms with Crippen LogP contribution in [0, 0.1) is 0 Å². The zero-order chi connectivity index (χ0) is 17.6. The van der Waals surface area contributed by atoms with Gasteiger partial charge >= 0.3 is 0 Å². The fourth-order valence-corrected chi connectivity index (χ4v) is 3.71. The SMILES string of the molecule is c1ccc(NC2CCCCN(c3cc(N4CCOCC4)ncn3)C2)cc1. The molecule has 3 heterocycles. The van der Waals surface area contributed by atoms with Gasteiger partial charge in [0.25, 0.3) is 0 Å². The monoisotopic (exact) mass is 353 g/mol. The lowest BCUT2D eigenvalue weighted by atomic mass is 10.1. The van der Waals surface area contributed by atoms with Gasteiger partial charge < -0.3 is 19.9 Å². The first kappa shape index (κ1) is 17.1. The van der Waals surface area contributed by atoms with Crippen LogP contribution in [-0.2, 0) is 4.74 Å². The van der Waals surface area contributed by atoms with Crippen LogP contribution in [0.5, 0.6) is 0 Å². The second kappa shape index (κ2) is 8.36. The van der Waals surface area contributed by atoms with E-state index in [1.807, 2.05) is 0 Å². The molecule has 6 heteroatoms. The van der Waals surface area contributed by atoms with Gasteiger partial charge in [-0.15, -0.1) is 0 Å². The van der Waals surface area contributed by atoms with Gasteiger partial charge in [-0.1, -0.05) is 18.2 Å². The summed E-state index contributed by atoms with van der Waals surface area (Å²) in [5.41, 5.74) is 1.19. The molecule has 0 amide bonds. The molecule has 6 nitrogen and oxygen atoms in total. The van der Waals surface area contributed by atoms with E-state index in [2.05, 4.69) is 61.5 Å². The first-order chi connectivity index (χ1) is 12.9. The first-order valence-electron chi connectivity index (χ1n) is 9.60. The van der Waals surface area contributed by atoms with Gasteiger partial charge in [0, 0.05) is 44.0 Å². The smallest absolute Gasteiger partial charge is 0.134 e. The molecule has 138 valence electrons. The highest BCUT2D eigenvalue weighted by molar-refractivity contribution is 5.51. The molecule has 1 atom stereocenters. The van der Waals surface area contributed by atoms with Crippen LogP contribution in [0.4, 0.5) is 17.3 Å². The van der Waals surface area contributed by atoms with Crippen molar-refractivity contribution in [2.75, 3.05) is 54.5 Å². The van der Waals surface area contributed by atoms with Gasteiger partial charge in [-0.3, -0.25) is 0 Å². The molecule has 2 aliphatic rings. The lowest BCUT2D eigenvalue weighted by Gasteiger charge is -2.30. The standard InChI is InChI=1S/C20H27N5O/c1-2-6-17(7-3-1)23-18-8-4-5-9-25(15-18)20-14-19(21-16-22-20)24-10-12-26-13-11-24/h1-3,6-7,14,16,18,23H,4-5,8-13,15H2. The molecule has 0 radical (unpaired) electrons. The summed E-state index contributed by atoms with van der Waals surface area (Å²) in [4.78, 5) is 13.7. The van der Waals surface area contributed by atoms with Gasteiger partial charge in [0.2, 0.25) is 0 Å². The largest absolute Gasteiger partial charge is 0.381 e. The summed E-state index contributed by atoms with van der Waals surface area (Å²) in [7, 11) is 0. The fourth-order valence-electron chi connectivity index (χ4n) is 3.71. The molecule has 0 spiro atoms. The molecule has 0 bridgehead atoms. The summed E-state index contributed by atoms with van der Waals surface area (Å²) in [6, 6.07) is 13.1. The number of morpholine rings is 1. The maximum absolute atomic E-state index is 5.45. The molecule has 1 N–H and O–H groups in total. The van der Waals surface area contributed by atoms with Crippen LogP contribution in [0.1, 0.15) is 19.3 Å². The number of aromatic nitrogens is 2. The van der Waals surface area contributed by atoms with E-state index in [-0.39, 0.29) is 0 Å². The van der Waals surface area contributed by atoms with Crippen molar-refractivity contribution in [1.29, 1.82) is 0 Å². The topological polar surface area (TPSA) is 53.5 Å². The second-order valence-corrected chi connectivity index (χ2v) is 6.98. The van der Waals surface area contributed by atoms with Crippen molar-refractivity contribution < 1.29 is 4.74 Å². The van der Waals surface area contributed by atoms with Crippen LogP contribution in [0.15, 0.2) is 42.7 Å². The summed E-state index contributed by atoms with van der Waals surface area (Å²) in [6.45, 7) is 5.35. The Bertz CT molecular complexity index is 690. The third-order valence-electron chi connectivity index (χ3n) is 5.11. The molecule has 26 heavy (non-hydrogen) atoms. The maximum Gasteiger partial charge on any atom is 0.134 e. The van der Waals surface area contributed by atoms with Crippen molar-refractivity contribution >= 4 is 17.3 Å². The van der Waals surface area contributed by atoms with Gasteiger partial charge in [0.1, 0.15) is 18.0 Å². The molecule has 1 unspecified atom stereocenters. The molecule has 0 aliphatic carbocycles. The van der Waals surface area contributed by atoms with E-state index in [0.717, 1.165) is 51.0 Å². The van der Waals surface area contributed by atoms with Crippen LogP contribution in [0.2, 0.25) is 0 Å². The Hall–Kier alpha value is -2.34. The van der Waals surface area contributed by atoms with Crippen LogP contribution in [0.25, 0.3) is 0 Å². The van der Waals surface area contributed by atoms with Gasteiger partial charge in [-0.25, -0.2) is 9.97 Å². The quantitative estimate of drug-likeness (QED) is 0.912. The summed E-state index contributed by atoms with van der Waals surface area (Å²) in [5.74, 6) is 2.04. The molecule has 2 fully saturated rings. The summed E-state index contributed by atoms with van der Waals surface area (Å²) >= 11 is 0. The molecule has 1 aromatic heterocycles. The summed E-state index contributed by atoms with van der Waals surface area (Å²) in [6.07, 6.45) is 5.32. The van der Waals surface area contributed by atoms with Crippen LogP contribution in [-0.4, -0.2) is 55.4 Å². The highest BCUT2D eigenvalue weighted by atomic mass is 16.5. The van der Waals surface area contributed by atoms with Crippen LogP contribution >= 0.6 is 0 Å². The van der Waals surface area contributed by atoms with E-state index < -0.39 is 0 Å². The number of ether oxygens (including phenoxy) is 1. The number of hydrogen-bond donors (Lipinski definition) is 1. The minimum Gasteiger partial charge on any atom is -0.381 e. The average molecular weight is 353 g/mol. The van der Waals surface area contributed by atoms with Crippen molar-refractivity contribution in [3.05, 3.63) is 42.7 Å². The van der Waals surface area contributed by atoms with E-state index >= 15 is 0 Å². The summed E-state index contributed by atoms with van der Waals surface area (Å²) in [5, 5.41) is 3.69. The van der Waals surface area contributed by atoms with Crippen molar-refractivity contribution in [3.63, 3.8) is 0 Å². The van der Waals surface area contributed by atoms with E-state index in [1.165, 1.54) is 24.9 Å². The molecular formula is C20H27N5O. The van der Waals surface area contributed by atoms with Gasteiger partial charge in [0.15, 0.2) is 0 Å². The predicted octanol–water partition coefficient (Wildman–Crippen LogP) is 2.78. The minimum absolute atomic E-state index is 0.432. The number of hydrogen-bond acceptors (Lipinski definition) is 6. The lowest BCUT2D eigenvalue weighted by Crippen LogP contribution is -2.38. The Kier molecular flexibility index (Phi) is 5.50. The van der Waals surface area contributed by atoms with Crippen LogP contribution < -0.4 is 15.1 Å². The second-order valence-electron chi connectivity index (χ2n) is 6.98. The zero-order valence-electron chi connectivity index (χ0n) is 15.2. The summed E-state index contributed by atoms with van der Waals surface area (Å²) < 4.78 is 5.45. The van der Waals surface area contributed by atoms with Gasteiger partial charge in [-0.05, 0) is 31.4 Å². The third kappa shape index (κ3) is 4.25. The van der Waals surface area contributed by atoms with Crippen molar-refractivity contribution in [3.8, 4) is 0 Å². The molecule has 4 rings (SSSR count). The highest BCUT2D eigenvalue weighted by Gasteiger charge is 2.21. The molecule has 2 aromatic rings. The predicted molar refractivity (Wildman–Crippen MR) is 105 cm³/mol. The van der Waals surface area contributed by atoms with E-state index in [1.54, 1.807) is 6.33 Å². The minimum atomic E-state index is 0.432. The van der Waals surface area contributed by atoms with E-state index in [0.29, 0.717) is 6.04 Å². The van der Waals surface area contributed by atoms with Gasteiger partial charge in [0.05, 0.1) is 13.2 Å². The third-order valence-corrected chi connectivity index (χ3v) is 5.11.